The Morgan fingerprint density at radius 2 is 1.69 bits per heavy atom. The molecule has 0 saturated heterocycles. The van der Waals surface area contributed by atoms with E-state index in [1.54, 1.807) is 36.4 Å². The molecule has 1 amide bonds. The first-order chi connectivity index (χ1) is 13.9. The molecule has 29 heavy (non-hydrogen) atoms. The van der Waals surface area contributed by atoms with E-state index < -0.39 is 15.9 Å². The third-order valence-corrected chi connectivity index (χ3v) is 6.03. The average molecular weight is 431 g/mol. The molecule has 0 radical (unpaired) electrons. The molecule has 3 rings (SSSR count). The summed E-state index contributed by atoms with van der Waals surface area (Å²) in [7, 11) is -2.42. The van der Waals surface area contributed by atoms with Gasteiger partial charge in [0.05, 0.1) is 17.8 Å². The molecule has 0 saturated carbocycles. The van der Waals surface area contributed by atoms with E-state index in [0.29, 0.717) is 11.4 Å². The molecule has 0 aromatic heterocycles. The Kier molecular flexibility index (Phi) is 6.53. The minimum absolute atomic E-state index is 0.0272. The van der Waals surface area contributed by atoms with E-state index in [1.165, 1.54) is 25.3 Å². The molecule has 0 heterocycles. The number of methoxy groups -OCH3 is 1. The maximum Gasteiger partial charge on any atom is 0.255 e. The van der Waals surface area contributed by atoms with E-state index in [-0.39, 0.29) is 22.0 Å². The summed E-state index contributed by atoms with van der Waals surface area (Å²) in [6.07, 6.45) is 0. The van der Waals surface area contributed by atoms with Gasteiger partial charge >= 0.3 is 0 Å². The Balaban J connectivity index is 1.82. The van der Waals surface area contributed by atoms with Crippen molar-refractivity contribution < 1.29 is 17.9 Å². The van der Waals surface area contributed by atoms with Gasteiger partial charge < -0.3 is 10.1 Å². The normalized spacial score (nSPS) is 11.1. The Morgan fingerprint density at radius 3 is 2.41 bits per heavy atom. The summed E-state index contributed by atoms with van der Waals surface area (Å²) in [6.45, 7) is 0.108. The Labute approximate surface area is 174 Å². The van der Waals surface area contributed by atoms with Gasteiger partial charge in [0, 0.05) is 12.1 Å². The van der Waals surface area contributed by atoms with Crippen LogP contribution in [-0.4, -0.2) is 21.4 Å². The molecule has 0 unspecified atom stereocenters. The molecule has 150 valence electrons. The van der Waals surface area contributed by atoms with Crippen molar-refractivity contribution in [3.8, 4) is 5.75 Å². The summed E-state index contributed by atoms with van der Waals surface area (Å²) in [5.74, 6) is 0.0119. The van der Waals surface area contributed by atoms with Crippen LogP contribution >= 0.6 is 11.6 Å². The Morgan fingerprint density at radius 1 is 1.00 bits per heavy atom. The number of ether oxygens (including phenoxy) is 1. The molecule has 0 aliphatic rings. The van der Waals surface area contributed by atoms with Crippen LogP contribution < -0.4 is 14.8 Å². The zero-order chi connectivity index (χ0) is 20.9. The second kappa shape index (κ2) is 9.09. The van der Waals surface area contributed by atoms with E-state index in [4.69, 9.17) is 16.3 Å². The minimum Gasteiger partial charge on any atom is -0.495 e. The zero-order valence-electron chi connectivity index (χ0n) is 15.6. The standard InChI is InChI=1S/C21H19ClN2O4S/c1-28-19-10-6-5-9-18(19)24-21(25)16-11-12-17(22)20(13-16)29(26,27)23-14-15-7-3-2-4-8-15/h2-13,23H,14H2,1H3,(H,24,25). The maximum atomic E-state index is 12.7. The molecular formula is C21H19ClN2O4S. The van der Waals surface area contributed by atoms with Crippen molar-refractivity contribution in [1.29, 1.82) is 0 Å². The van der Waals surface area contributed by atoms with Crippen LogP contribution in [0.4, 0.5) is 5.69 Å². The molecule has 0 aliphatic carbocycles. The highest BCUT2D eigenvalue weighted by molar-refractivity contribution is 7.89. The average Bonchev–Trinajstić information content (AvgIpc) is 2.73. The number of amides is 1. The quantitative estimate of drug-likeness (QED) is 0.591. The van der Waals surface area contributed by atoms with Crippen LogP contribution in [0.1, 0.15) is 15.9 Å². The number of rotatable bonds is 7. The van der Waals surface area contributed by atoms with Gasteiger partial charge in [0.2, 0.25) is 10.0 Å². The van der Waals surface area contributed by atoms with E-state index in [0.717, 1.165) is 5.56 Å². The van der Waals surface area contributed by atoms with Crippen molar-refractivity contribution in [2.75, 3.05) is 12.4 Å². The van der Waals surface area contributed by atoms with Gasteiger partial charge in [0.25, 0.3) is 5.91 Å². The third-order valence-electron chi connectivity index (χ3n) is 4.15. The monoisotopic (exact) mass is 430 g/mol. The smallest absolute Gasteiger partial charge is 0.255 e. The summed E-state index contributed by atoms with van der Waals surface area (Å²) in [5, 5.41) is 2.74. The largest absolute Gasteiger partial charge is 0.495 e. The number of para-hydroxylation sites is 2. The number of nitrogens with one attached hydrogen (secondary N) is 2. The molecule has 0 fully saturated rings. The number of hydrogen-bond acceptors (Lipinski definition) is 4. The van der Waals surface area contributed by atoms with Crippen LogP contribution in [0.5, 0.6) is 5.75 Å². The first kappa shape index (κ1) is 20.9. The molecule has 0 atom stereocenters. The molecule has 3 aromatic rings. The summed E-state index contributed by atoms with van der Waals surface area (Å²) in [5.41, 5.74) is 1.43. The second-order valence-corrected chi connectivity index (χ2v) is 8.25. The number of carbonyl (C=O) groups excluding carboxylic acids is 1. The molecule has 0 aliphatic heterocycles. The van der Waals surface area contributed by atoms with Crippen molar-refractivity contribution in [2.45, 2.75) is 11.4 Å². The summed E-state index contributed by atoms with van der Waals surface area (Å²) >= 11 is 6.10. The highest BCUT2D eigenvalue weighted by atomic mass is 35.5. The summed E-state index contributed by atoms with van der Waals surface area (Å²) < 4.78 is 33.1. The van der Waals surface area contributed by atoms with Gasteiger partial charge in [-0.15, -0.1) is 0 Å². The fourth-order valence-corrected chi connectivity index (χ4v) is 4.19. The molecule has 3 aromatic carbocycles. The fourth-order valence-electron chi connectivity index (χ4n) is 2.64. The van der Waals surface area contributed by atoms with E-state index in [2.05, 4.69) is 10.0 Å². The van der Waals surface area contributed by atoms with Crippen molar-refractivity contribution >= 4 is 33.2 Å². The van der Waals surface area contributed by atoms with E-state index in [1.807, 2.05) is 18.2 Å². The van der Waals surface area contributed by atoms with Crippen LogP contribution in [-0.2, 0) is 16.6 Å². The van der Waals surface area contributed by atoms with Crippen LogP contribution in [0.2, 0.25) is 5.02 Å². The molecule has 6 nitrogen and oxygen atoms in total. The number of benzene rings is 3. The van der Waals surface area contributed by atoms with Crippen molar-refractivity contribution in [2.24, 2.45) is 0 Å². The summed E-state index contributed by atoms with van der Waals surface area (Å²) in [4.78, 5) is 12.5. The van der Waals surface area contributed by atoms with E-state index in [9.17, 15) is 13.2 Å². The highest BCUT2D eigenvalue weighted by Gasteiger charge is 2.20. The zero-order valence-corrected chi connectivity index (χ0v) is 17.1. The maximum absolute atomic E-state index is 12.7. The first-order valence-electron chi connectivity index (χ1n) is 8.68. The molecule has 0 bridgehead atoms. The van der Waals surface area contributed by atoms with Gasteiger partial charge in [-0.1, -0.05) is 54.1 Å². The van der Waals surface area contributed by atoms with Crippen LogP contribution in [0.3, 0.4) is 0 Å². The number of halogens is 1. The molecule has 0 spiro atoms. The van der Waals surface area contributed by atoms with Gasteiger partial charge in [-0.25, -0.2) is 13.1 Å². The van der Waals surface area contributed by atoms with Gasteiger partial charge in [0.1, 0.15) is 10.6 Å². The highest BCUT2D eigenvalue weighted by Crippen LogP contribution is 2.26. The summed E-state index contributed by atoms with van der Waals surface area (Å²) in [6, 6.07) is 20.1. The Bertz CT molecular complexity index is 1120. The third kappa shape index (κ3) is 5.14. The topological polar surface area (TPSA) is 84.5 Å². The number of anilines is 1. The Hall–Kier alpha value is -2.87. The molecular weight excluding hydrogens is 412 g/mol. The molecule has 8 heteroatoms. The lowest BCUT2D eigenvalue weighted by Gasteiger charge is -2.12. The van der Waals surface area contributed by atoms with E-state index >= 15 is 0 Å². The first-order valence-corrected chi connectivity index (χ1v) is 10.5. The number of sulfonamides is 1. The van der Waals surface area contributed by atoms with Gasteiger partial charge in [-0.05, 0) is 35.9 Å². The van der Waals surface area contributed by atoms with Crippen molar-refractivity contribution in [1.82, 2.24) is 4.72 Å². The van der Waals surface area contributed by atoms with Gasteiger partial charge in [-0.3, -0.25) is 4.79 Å². The molecule has 2 N–H and O–H groups in total. The van der Waals surface area contributed by atoms with Gasteiger partial charge in [0.15, 0.2) is 0 Å². The number of hydrogen-bond donors (Lipinski definition) is 2. The minimum atomic E-state index is -3.92. The number of carbonyl (C=O) groups is 1. The van der Waals surface area contributed by atoms with Crippen LogP contribution in [0.15, 0.2) is 77.7 Å². The predicted octanol–water partition coefficient (Wildman–Crippen LogP) is 4.08. The lowest BCUT2D eigenvalue weighted by molar-refractivity contribution is 0.102. The SMILES string of the molecule is COc1ccccc1NC(=O)c1ccc(Cl)c(S(=O)(=O)NCc2ccccc2)c1. The second-order valence-electron chi connectivity index (χ2n) is 6.11. The fraction of sp³-hybridized carbons (Fsp3) is 0.0952. The van der Waals surface area contributed by atoms with Crippen LogP contribution in [0, 0.1) is 0 Å². The lowest BCUT2D eigenvalue weighted by atomic mass is 10.2. The lowest BCUT2D eigenvalue weighted by Crippen LogP contribution is -2.24. The van der Waals surface area contributed by atoms with Gasteiger partial charge in [-0.2, -0.15) is 0 Å². The predicted molar refractivity (Wildman–Crippen MR) is 113 cm³/mol. The van der Waals surface area contributed by atoms with Crippen molar-refractivity contribution in [3.63, 3.8) is 0 Å². The van der Waals surface area contributed by atoms with Crippen molar-refractivity contribution in [3.05, 3.63) is 88.9 Å². The van der Waals surface area contributed by atoms with Crippen LogP contribution in [0.25, 0.3) is 0 Å².